The maximum atomic E-state index is 4.67. The summed E-state index contributed by atoms with van der Waals surface area (Å²) in [6, 6.07) is 8.15. The molecule has 0 aliphatic rings. The predicted octanol–water partition coefficient (Wildman–Crippen LogP) is 3.88. The van der Waals surface area contributed by atoms with Crippen LogP contribution >= 0.6 is 0 Å². The van der Waals surface area contributed by atoms with Crippen molar-refractivity contribution in [2.45, 2.75) is 33.6 Å². The summed E-state index contributed by atoms with van der Waals surface area (Å²) in [4.78, 5) is 9.08. The highest BCUT2D eigenvalue weighted by Gasteiger charge is 2.11. The Kier molecular flexibility index (Phi) is 3.23. The van der Waals surface area contributed by atoms with Gasteiger partial charge in [0.15, 0.2) is 0 Å². The first-order valence-corrected chi connectivity index (χ1v) is 5.99. The van der Waals surface area contributed by atoms with Crippen molar-refractivity contribution in [1.29, 1.82) is 0 Å². The van der Waals surface area contributed by atoms with Crippen LogP contribution in [-0.4, -0.2) is 9.97 Å². The van der Waals surface area contributed by atoms with Crippen molar-refractivity contribution in [1.82, 2.24) is 9.97 Å². The van der Waals surface area contributed by atoms with E-state index in [4.69, 9.17) is 0 Å². The molecular weight excluding hydrogens is 208 g/mol. The highest BCUT2D eigenvalue weighted by atomic mass is 14.7. The molecule has 0 atom stereocenters. The van der Waals surface area contributed by atoms with Gasteiger partial charge in [-0.3, -0.25) is 9.97 Å². The number of hydrogen-bond donors (Lipinski definition) is 0. The summed E-state index contributed by atoms with van der Waals surface area (Å²) in [6.07, 6.45) is 1.82. The average Bonchev–Trinajstić information content (AvgIpc) is 2.29. The molecule has 2 heterocycles. The van der Waals surface area contributed by atoms with E-state index in [1.54, 1.807) is 0 Å². The number of pyridine rings is 2. The van der Waals surface area contributed by atoms with E-state index in [0.717, 1.165) is 22.6 Å². The highest BCUT2D eigenvalue weighted by Crippen LogP contribution is 2.26. The molecule has 2 rings (SSSR count). The van der Waals surface area contributed by atoms with E-state index in [9.17, 15) is 0 Å². The van der Waals surface area contributed by atoms with Crippen LogP contribution < -0.4 is 0 Å². The van der Waals surface area contributed by atoms with Gasteiger partial charge in [-0.15, -0.1) is 0 Å². The molecule has 2 nitrogen and oxygen atoms in total. The van der Waals surface area contributed by atoms with Crippen molar-refractivity contribution in [2.24, 2.45) is 0 Å². The second kappa shape index (κ2) is 4.66. The number of nitrogens with zero attached hydrogens (tertiary/aromatic N) is 2. The van der Waals surface area contributed by atoms with Gasteiger partial charge in [0.05, 0.1) is 5.69 Å². The number of rotatable bonds is 2. The quantitative estimate of drug-likeness (QED) is 0.776. The lowest BCUT2D eigenvalue weighted by molar-refractivity contribution is 0.813. The van der Waals surface area contributed by atoms with E-state index in [-0.39, 0.29) is 0 Å². The molecule has 0 aliphatic heterocycles. The van der Waals surface area contributed by atoms with Gasteiger partial charge in [-0.05, 0) is 43.5 Å². The molecule has 88 valence electrons. The van der Waals surface area contributed by atoms with Crippen LogP contribution in [0.2, 0.25) is 0 Å². The van der Waals surface area contributed by atoms with Gasteiger partial charge in [0.1, 0.15) is 0 Å². The largest absolute Gasteiger partial charge is 0.257 e. The van der Waals surface area contributed by atoms with E-state index in [1.165, 1.54) is 5.56 Å². The summed E-state index contributed by atoms with van der Waals surface area (Å²) < 4.78 is 0. The maximum absolute atomic E-state index is 4.67. The average molecular weight is 226 g/mol. The molecule has 0 aromatic carbocycles. The zero-order valence-corrected chi connectivity index (χ0v) is 10.9. The van der Waals surface area contributed by atoms with Crippen molar-refractivity contribution in [2.75, 3.05) is 0 Å². The molecule has 0 unspecified atom stereocenters. The molecule has 0 N–H and O–H groups in total. The Labute approximate surface area is 103 Å². The van der Waals surface area contributed by atoms with Crippen LogP contribution in [-0.2, 0) is 0 Å². The molecule has 0 spiro atoms. The van der Waals surface area contributed by atoms with Crippen LogP contribution in [0.1, 0.15) is 36.7 Å². The van der Waals surface area contributed by atoms with Crippen LogP contribution in [0.15, 0.2) is 30.5 Å². The topological polar surface area (TPSA) is 25.8 Å². The molecule has 2 aromatic heterocycles. The lowest BCUT2D eigenvalue weighted by atomic mass is 10.00. The van der Waals surface area contributed by atoms with Gasteiger partial charge in [0.25, 0.3) is 0 Å². The van der Waals surface area contributed by atoms with Gasteiger partial charge < -0.3 is 0 Å². The minimum absolute atomic E-state index is 0.463. The summed E-state index contributed by atoms with van der Waals surface area (Å²) in [5.74, 6) is 0.463. The van der Waals surface area contributed by atoms with Gasteiger partial charge in [-0.1, -0.05) is 19.9 Å². The molecule has 2 aromatic rings. The molecule has 0 aliphatic carbocycles. The van der Waals surface area contributed by atoms with Crippen molar-refractivity contribution < 1.29 is 0 Å². The molecule has 0 bridgehead atoms. The standard InChI is InChI=1S/C15H18N2/c1-10(2)14-9-11(3)15(12(4)17-14)13-7-5-6-8-16-13/h5-10H,1-4H3. The van der Waals surface area contributed by atoms with Crippen molar-refractivity contribution in [3.05, 3.63) is 47.4 Å². The number of aryl methyl sites for hydroxylation is 2. The van der Waals surface area contributed by atoms with Crippen molar-refractivity contribution in [3.63, 3.8) is 0 Å². The minimum Gasteiger partial charge on any atom is -0.257 e. The normalized spacial score (nSPS) is 10.9. The Balaban J connectivity index is 2.57. The second-order valence-electron chi connectivity index (χ2n) is 4.69. The van der Waals surface area contributed by atoms with E-state index in [1.807, 2.05) is 24.4 Å². The molecule has 17 heavy (non-hydrogen) atoms. The number of hydrogen-bond acceptors (Lipinski definition) is 2. The molecule has 0 saturated carbocycles. The number of aromatic nitrogens is 2. The maximum Gasteiger partial charge on any atom is 0.0722 e. The SMILES string of the molecule is Cc1cc(C(C)C)nc(C)c1-c1ccccn1. The van der Waals surface area contributed by atoms with Gasteiger partial charge in [0.2, 0.25) is 0 Å². The van der Waals surface area contributed by atoms with Crippen LogP contribution in [0, 0.1) is 13.8 Å². The molecular formula is C15H18N2. The first-order valence-electron chi connectivity index (χ1n) is 5.99. The fourth-order valence-corrected chi connectivity index (χ4v) is 2.05. The van der Waals surface area contributed by atoms with E-state index >= 15 is 0 Å². The summed E-state index contributed by atoms with van der Waals surface area (Å²) in [5.41, 5.74) is 5.63. The molecule has 0 fully saturated rings. The van der Waals surface area contributed by atoms with Gasteiger partial charge in [-0.25, -0.2) is 0 Å². The summed E-state index contributed by atoms with van der Waals surface area (Å²) >= 11 is 0. The third kappa shape index (κ3) is 2.36. The molecule has 0 saturated heterocycles. The second-order valence-corrected chi connectivity index (χ2v) is 4.69. The minimum atomic E-state index is 0.463. The summed E-state index contributed by atoms with van der Waals surface area (Å²) in [7, 11) is 0. The van der Waals surface area contributed by atoms with Crippen molar-refractivity contribution in [3.8, 4) is 11.3 Å². The van der Waals surface area contributed by atoms with E-state index in [2.05, 4.69) is 43.7 Å². The molecule has 0 amide bonds. The van der Waals surface area contributed by atoms with Gasteiger partial charge in [-0.2, -0.15) is 0 Å². The third-order valence-corrected chi connectivity index (χ3v) is 2.93. The zero-order chi connectivity index (χ0) is 12.4. The van der Waals surface area contributed by atoms with Crippen LogP contribution in [0.3, 0.4) is 0 Å². The smallest absolute Gasteiger partial charge is 0.0722 e. The van der Waals surface area contributed by atoms with E-state index < -0.39 is 0 Å². The van der Waals surface area contributed by atoms with Gasteiger partial charge >= 0.3 is 0 Å². The fraction of sp³-hybridized carbons (Fsp3) is 0.333. The Bertz CT molecular complexity index is 493. The Morgan fingerprint density at radius 2 is 1.88 bits per heavy atom. The Hall–Kier alpha value is -1.70. The monoisotopic (exact) mass is 226 g/mol. The zero-order valence-electron chi connectivity index (χ0n) is 10.9. The summed E-state index contributed by atoms with van der Waals surface area (Å²) in [5, 5.41) is 0. The lowest BCUT2D eigenvalue weighted by Gasteiger charge is -2.13. The van der Waals surface area contributed by atoms with Crippen LogP contribution in [0.4, 0.5) is 0 Å². The first-order chi connectivity index (χ1) is 8.09. The predicted molar refractivity (Wildman–Crippen MR) is 71.0 cm³/mol. The van der Waals surface area contributed by atoms with Crippen LogP contribution in [0.5, 0.6) is 0 Å². The first kappa shape index (κ1) is 11.8. The lowest BCUT2D eigenvalue weighted by Crippen LogP contribution is -2.00. The molecule has 0 radical (unpaired) electrons. The molecule has 2 heteroatoms. The fourth-order valence-electron chi connectivity index (χ4n) is 2.05. The van der Waals surface area contributed by atoms with E-state index in [0.29, 0.717) is 5.92 Å². The van der Waals surface area contributed by atoms with Gasteiger partial charge in [0, 0.05) is 23.1 Å². The van der Waals surface area contributed by atoms with Crippen molar-refractivity contribution >= 4 is 0 Å². The van der Waals surface area contributed by atoms with Crippen LogP contribution in [0.25, 0.3) is 11.3 Å². The Morgan fingerprint density at radius 3 is 2.41 bits per heavy atom. The summed E-state index contributed by atoms with van der Waals surface area (Å²) in [6.45, 7) is 8.52. The highest BCUT2D eigenvalue weighted by molar-refractivity contribution is 5.65. The third-order valence-electron chi connectivity index (χ3n) is 2.93. The Morgan fingerprint density at radius 1 is 1.12 bits per heavy atom.